The van der Waals surface area contributed by atoms with Gasteiger partial charge in [0.1, 0.15) is 0 Å². The Bertz CT molecular complexity index is 446. The molecule has 2 N–H and O–H groups in total. The smallest absolute Gasteiger partial charge is 0.0459 e. The van der Waals surface area contributed by atoms with Gasteiger partial charge >= 0.3 is 0 Å². The van der Waals surface area contributed by atoms with Crippen LogP contribution in [0.3, 0.4) is 0 Å². The van der Waals surface area contributed by atoms with E-state index in [0.717, 1.165) is 23.4 Å². The van der Waals surface area contributed by atoms with E-state index in [9.17, 15) is 0 Å². The minimum Gasteiger partial charge on any atom is -0.368 e. The van der Waals surface area contributed by atoms with E-state index in [2.05, 4.69) is 17.0 Å². The van der Waals surface area contributed by atoms with Crippen LogP contribution in [0, 0.1) is 5.92 Å². The van der Waals surface area contributed by atoms with Crippen molar-refractivity contribution in [3.05, 3.63) is 28.8 Å². The number of fused-ring (bicyclic) bond motifs is 1. The monoisotopic (exact) mass is 278 g/mol. The molecule has 2 nitrogen and oxygen atoms in total. The SMILES string of the molecule is NCCc1c(Cl)cccc1N1CCC2CCCCC21. The molecule has 1 aromatic rings. The molecule has 3 heteroatoms. The van der Waals surface area contributed by atoms with E-state index < -0.39 is 0 Å². The van der Waals surface area contributed by atoms with Gasteiger partial charge in [0.25, 0.3) is 0 Å². The van der Waals surface area contributed by atoms with Crippen molar-refractivity contribution in [2.75, 3.05) is 18.0 Å². The number of nitrogens with two attached hydrogens (primary N) is 1. The molecule has 1 heterocycles. The van der Waals surface area contributed by atoms with Crippen LogP contribution in [0.2, 0.25) is 5.02 Å². The first-order chi connectivity index (χ1) is 9.31. The molecule has 0 spiro atoms. The van der Waals surface area contributed by atoms with Crippen LogP contribution in [0.4, 0.5) is 5.69 Å². The van der Waals surface area contributed by atoms with Gasteiger partial charge in [-0.15, -0.1) is 0 Å². The highest BCUT2D eigenvalue weighted by molar-refractivity contribution is 6.31. The number of nitrogens with zero attached hydrogens (tertiary/aromatic N) is 1. The number of anilines is 1. The summed E-state index contributed by atoms with van der Waals surface area (Å²) in [6.07, 6.45) is 7.78. The Kier molecular flexibility index (Phi) is 3.99. The third-order valence-electron chi connectivity index (χ3n) is 4.81. The molecule has 1 aliphatic heterocycles. The molecular formula is C16H23ClN2. The van der Waals surface area contributed by atoms with Gasteiger partial charge in [0.05, 0.1) is 0 Å². The molecule has 1 saturated heterocycles. The topological polar surface area (TPSA) is 29.3 Å². The van der Waals surface area contributed by atoms with Crippen molar-refractivity contribution < 1.29 is 0 Å². The maximum atomic E-state index is 6.38. The van der Waals surface area contributed by atoms with Crippen molar-refractivity contribution in [2.45, 2.75) is 44.6 Å². The maximum Gasteiger partial charge on any atom is 0.0459 e. The first kappa shape index (κ1) is 13.3. The van der Waals surface area contributed by atoms with Gasteiger partial charge in [-0.1, -0.05) is 30.5 Å². The molecule has 104 valence electrons. The Morgan fingerprint density at radius 3 is 2.89 bits per heavy atom. The highest BCUT2D eigenvalue weighted by atomic mass is 35.5. The molecule has 19 heavy (non-hydrogen) atoms. The van der Waals surface area contributed by atoms with Gasteiger partial charge in [-0.3, -0.25) is 0 Å². The van der Waals surface area contributed by atoms with Crippen LogP contribution in [0.25, 0.3) is 0 Å². The van der Waals surface area contributed by atoms with Gasteiger partial charge in [-0.25, -0.2) is 0 Å². The maximum absolute atomic E-state index is 6.38. The van der Waals surface area contributed by atoms with Gasteiger partial charge in [-0.2, -0.15) is 0 Å². The summed E-state index contributed by atoms with van der Waals surface area (Å²) in [5.41, 5.74) is 8.34. The second-order valence-corrected chi connectivity index (χ2v) is 6.28. The summed E-state index contributed by atoms with van der Waals surface area (Å²) >= 11 is 6.38. The first-order valence-corrected chi connectivity index (χ1v) is 7.93. The molecule has 1 saturated carbocycles. The normalized spacial score (nSPS) is 26.5. The summed E-state index contributed by atoms with van der Waals surface area (Å²) in [5.74, 6) is 0.901. The molecule has 2 fully saturated rings. The summed E-state index contributed by atoms with van der Waals surface area (Å²) in [5, 5.41) is 0.877. The van der Waals surface area contributed by atoms with E-state index in [1.165, 1.54) is 49.9 Å². The van der Waals surface area contributed by atoms with Crippen LogP contribution < -0.4 is 10.6 Å². The molecule has 0 radical (unpaired) electrons. The van der Waals surface area contributed by atoms with Crippen LogP contribution in [0.1, 0.15) is 37.7 Å². The molecular weight excluding hydrogens is 256 g/mol. The van der Waals surface area contributed by atoms with E-state index in [-0.39, 0.29) is 0 Å². The second-order valence-electron chi connectivity index (χ2n) is 5.87. The number of benzene rings is 1. The molecule has 3 rings (SSSR count). The molecule has 0 amide bonds. The van der Waals surface area contributed by atoms with Crippen LogP contribution >= 0.6 is 11.6 Å². The van der Waals surface area contributed by atoms with Gasteiger partial charge < -0.3 is 10.6 Å². The Balaban J connectivity index is 1.91. The zero-order valence-corrected chi connectivity index (χ0v) is 12.2. The molecule has 2 unspecified atom stereocenters. The van der Waals surface area contributed by atoms with Gasteiger partial charge in [0, 0.05) is 23.3 Å². The summed E-state index contributed by atoms with van der Waals surface area (Å²) in [7, 11) is 0. The summed E-state index contributed by atoms with van der Waals surface area (Å²) in [4.78, 5) is 2.61. The average Bonchev–Trinajstić information content (AvgIpc) is 2.85. The summed E-state index contributed by atoms with van der Waals surface area (Å²) in [6.45, 7) is 1.85. The summed E-state index contributed by atoms with van der Waals surface area (Å²) < 4.78 is 0. The van der Waals surface area contributed by atoms with E-state index in [1.54, 1.807) is 0 Å². The van der Waals surface area contributed by atoms with Gasteiger partial charge in [0.2, 0.25) is 0 Å². The lowest BCUT2D eigenvalue weighted by Crippen LogP contribution is -2.35. The van der Waals surface area contributed by atoms with Crippen LogP contribution in [0.15, 0.2) is 18.2 Å². The molecule has 2 aliphatic rings. The third-order valence-corrected chi connectivity index (χ3v) is 5.16. The van der Waals surface area contributed by atoms with E-state index in [1.807, 2.05) is 6.07 Å². The lowest BCUT2D eigenvalue weighted by molar-refractivity contribution is 0.342. The van der Waals surface area contributed by atoms with Crippen molar-refractivity contribution in [3.8, 4) is 0 Å². The molecule has 0 bridgehead atoms. The molecule has 2 atom stereocenters. The quantitative estimate of drug-likeness (QED) is 0.915. The van der Waals surface area contributed by atoms with Crippen molar-refractivity contribution in [3.63, 3.8) is 0 Å². The zero-order chi connectivity index (χ0) is 13.2. The fourth-order valence-electron chi connectivity index (χ4n) is 3.91. The van der Waals surface area contributed by atoms with Crippen LogP contribution in [-0.2, 0) is 6.42 Å². The fraction of sp³-hybridized carbons (Fsp3) is 0.625. The van der Waals surface area contributed by atoms with Crippen molar-refractivity contribution >= 4 is 17.3 Å². The minimum absolute atomic E-state index is 0.665. The summed E-state index contributed by atoms with van der Waals surface area (Å²) in [6, 6.07) is 7.04. The first-order valence-electron chi connectivity index (χ1n) is 7.55. The van der Waals surface area contributed by atoms with Crippen molar-refractivity contribution in [2.24, 2.45) is 11.7 Å². The number of rotatable bonds is 3. The van der Waals surface area contributed by atoms with Crippen molar-refractivity contribution in [1.82, 2.24) is 0 Å². The Morgan fingerprint density at radius 1 is 1.21 bits per heavy atom. The highest BCUT2D eigenvalue weighted by Gasteiger charge is 2.36. The molecule has 0 aromatic heterocycles. The molecule has 1 aromatic carbocycles. The van der Waals surface area contributed by atoms with E-state index in [4.69, 9.17) is 17.3 Å². The Hall–Kier alpha value is -0.730. The third kappa shape index (κ3) is 2.48. The van der Waals surface area contributed by atoms with E-state index in [0.29, 0.717) is 6.54 Å². The Labute approximate surface area is 120 Å². The van der Waals surface area contributed by atoms with Gasteiger partial charge in [-0.05, 0) is 55.8 Å². The predicted octanol–water partition coefficient (Wildman–Crippen LogP) is 3.61. The lowest BCUT2D eigenvalue weighted by atomic mass is 9.85. The van der Waals surface area contributed by atoms with Crippen LogP contribution in [-0.4, -0.2) is 19.1 Å². The lowest BCUT2D eigenvalue weighted by Gasteiger charge is -2.34. The minimum atomic E-state index is 0.665. The number of halogens is 1. The standard InChI is InChI=1S/C16H23ClN2/c17-14-5-3-7-16(13(14)8-10-18)19-11-9-12-4-1-2-6-15(12)19/h3,5,7,12,15H,1-2,4,6,8-11,18H2. The molecule has 1 aliphatic carbocycles. The predicted molar refractivity (Wildman–Crippen MR) is 81.9 cm³/mol. The largest absolute Gasteiger partial charge is 0.368 e. The average molecular weight is 279 g/mol. The van der Waals surface area contributed by atoms with E-state index >= 15 is 0 Å². The Morgan fingerprint density at radius 2 is 2.05 bits per heavy atom. The fourth-order valence-corrected chi connectivity index (χ4v) is 4.18. The van der Waals surface area contributed by atoms with Gasteiger partial charge in [0.15, 0.2) is 0 Å². The second kappa shape index (κ2) is 5.72. The number of hydrogen-bond donors (Lipinski definition) is 1. The zero-order valence-electron chi connectivity index (χ0n) is 11.4. The highest BCUT2D eigenvalue weighted by Crippen LogP contribution is 2.41. The van der Waals surface area contributed by atoms with Crippen LogP contribution in [0.5, 0.6) is 0 Å². The van der Waals surface area contributed by atoms with Crippen molar-refractivity contribution in [1.29, 1.82) is 0 Å². The number of hydrogen-bond acceptors (Lipinski definition) is 2.